The van der Waals surface area contributed by atoms with Crippen LogP contribution in [-0.2, 0) is 32.7 Å². The van der Waals surface area contributed by atoms with Crippen molar-refractivity contribution in [3.05, 3.63) is 48.6 Å². The Balaban J connectivity index is 4.53. The van der Waals surface area contributed by atoms with E-state index in [0.29, 0.717) is 23.9 Å². The number of allylic oxidation sites excluding steroid dienone is 8. The summed E-state index contributed by atoms with van der Waals surface area (Å²) < 4.78 is 33.9. The molecule has 1 unspecified atom stereocenters. The predicted octanol–water partition coefficient (Wildman–Crippen LogP) is 9.57. The Labute approximate surface area is 293 Å². The highest BCUT2D eigenvalue weighted by Gasteiger charge is 2.27. The number of hydrogen-bond donors (Lipinski definition) is 1. The first kappa shape index (κ1) is 46.0. The molecular formula is C38H69NO8P+. The third-order valence-corrected chi connectivity index (χ3v) is 8.35. The van der Waals surface area contributed by atoms with Crippen molar-refractivity contribution in [2.45, 2.75) is 136 Å². The number of esters is 2. The van der Waals surface area contributed by atoms with Crippen molar-refractivity contribution < 1.29 is 42.1 Å². The number of nitrogens with zero attached hydrogens (tertiary/aromatic N) is 1. The molecule has 0 aliphatic heterocycles. The second kappa shape index (κ2) is 31.0. The average Bonchev–Trinajstić information content (AvgIpc) is 3.02. The van der Waals surface area contributed by atoms with Gasteiger partial charge in [0, 0.05) is 12.8 Å². The summed E-state index contributed by atoms with van der Waals surface area (Å²) in [6.07, 6.45) is 33.3. The zero-order valence-electron chi connectivity index (χ0n) is 31.0. The van der Waals surface area contributed by atoms with E-state index < -0.39 is 32.5 Å². The highest BCUT2D eigenvalue weighted by atomic mass is 31.2. The Morgan fingerprint density at radius 2 is 1.15 bits per heavy atom. The van der Waals surface area contributed by atoms with Gasteiger partial charge >= 0.3 is 19.8 Å². The van der Waals surface area contributed by atoms with E-state index in [0.717, 1.165) is 38.5 Å². The summed E-state index contributed by atoms with van der Waals surface area (Å²) >= 11 is 0. The third kappa shape index (κ3) is 33.9. The average molecular weight is 699 g/mol. The van der Waals surface area contributed by atoms with Crippen molar-refractivity contribution in [3.63, 3.8) is 0 Å². The van der Waals surface area contributed by atoms with Crippen molar-refractivity contribution in [1.82, 2.24) is 0 Å². The maximum atomic E-state index is 12.6. The fourth-order valence-electron chi connectivity index (χ4n) is 4.42. The highest BCUT2D eigenvalue weighted by molar-refractivity contribution is 7.47. The third-order valence-electron chi connectivity index (χ3n) is 7.36. The number of phosphoric ester groups is 1. The lowest BCUT2D eigenvalue weighted by atomic mass is 10.1. The number of hydrogen-bond acceptors (Lipinski definition) is 7. The molecule has 2 atom stereocenters. The Hall–Kier alpha value is -2.03. The van der Waals surface area contributed by atoms with Crippen LogP contribution in [0.25, 0.3) is 0 Å². The Kier molecular flexibility index (Phi) is 29.7. The monoisotopic (exact) mass is 698 g/mol. The van der Waals surface area contributed by atoms with Gasteiger partial charge in [0.15, 0.2) is 6.10 Å². The summed E-state index contributed by atoms with van der Waals surface area (Å²) in [6.45, 7) is 4.25. The molecule has 0 bridgehead atoms. The summed E-state index contributed by atoms with van der Waals surface area (Å²) in [4.78, 5) is 35.0. The molecule has 48 heavy (non-hydrogen) atoms. The molecule has 0 amide bonds. The predicted molar refractivity (Wildman–Crippen MR) is 196 cm³/mol. The van der Waals surface area contributed by atoms with Gasteiger partial charge < -0.3 is 18.9 Å². The second-order valence-electron chi connectivity index (χ2n) is 13.3. The molecule has 0 spiro atoms. The van der Waals surface area contributed by atoms with E-state index in [1.807, 2.05) is 27.2 Å². The maximum absolute atomic E-state index is 12.6. The summed E-state index contributed by atoms with van der Waals surface area (Å²) in [5.41, 5.74) is 0. The number of likely N-dealkylation sites (N-methyl/N-ethyl adjacent to an activating group) is 1. The van der Waals surface area contributed by atoms with Gasteiger partial charge in [0.1, 0.15) is 19.8 Å². The number of quaternary nitrogens is 1. The van der Waals surface area contributed by atoms with Gasteiger partial charge in [0.25, 0.3) is 0 Å². The molecule has 278 valence electrons. The number of ether oxygens (including phenoxy) is 2. The molecule has 0 heterocycles. The molecule has 0 aliphatic rings. The zero-order valence-corrected chi connectivity index (χ0v) is 31.8. The molecular weight excluding hydrogens is 629 g/mol. The Bertz CT molecular complexity index is 970. The minimum atomic E-state index is -4.38. The fourth-order valence-corrected chi connectivity index (χ4v) is 5.16. The molecule has 0 aromatic rings. The summed E-state index contributed by atoms with van der Waals surface area (Å²) in [5, 5.41) is 0. The summed E-state index contributed by atoms with van der Waals surface area (Å²) in [6, 6.07) is 0. The standard InChI is InChI=1S/C38H68NO8P/c1-6-8-10-12-14-15-16-17-18-19-20-21-22-23-25-27-29-31-38(41)47-36(35-46-48(42,43)45-33-32-39(3,4)5)34-44-37(40)30-28-26-24-13-11-9-7-2/h14-15,17-18,20-21,23,25,36H,6-13,16,19,22,24,26-35H2,1-5H3/p+1/b15-14-,18-17-,21-20-,25-23-/t36-/m1/s1. The quantitative estimate of drug-likeness (QED) is 0.0243. The maximum Gasteiger partial charge on any atom is 0.472 e. The highest BCUT2D eigenvalue weighted by Crippen LogP contribution is 2.43. The van der Waals surface area contributed by atoms with Crippen molar-refractivity contribution in [2.75, 3.05) is 47.5 Å². The van der Waals surface area contributed by atoms with Crippen molar-refractivity contribution in [2.24, 2.45) is 0 Å². The topological polar surface area (TPSA) is 108 Å². The van der Waals surface area contributed by atoms with Crippen LogP contribution in [0.3, 0.4) is 0 Å². The molecule has 0 radical (unpaired) electrons. The lowest BCUT2D eigenvalue weighted by molar-refractivity contribution is -0.870. The minimum absolute atomic E-state index is 0.0205. The fraction of sp³-hybridized carbons (Fsp3) is 0.737. The van der Waals surface area contributed by atoms with Crippen LogP contribution in [0.4, 0.5) is 0 Å². The first-order valence-electron chi connectivity index (χ1n) is 18.4. The molecule has 0 saturated carbocycles. The number of carbonyl (C=O) groups is 2. The van der Waals surface area contributed by atoms with Crippen LogP contribution in [0.5, 0.6) is 0 Å². The van der Waals surface area contributed by atoms with E-state index >= 15 is 0 Å². The Morgan fingerprint density at radius 1 is 0.646 bits per heavy atom. The summed E-state index contributed by atoms with van der Waals surface area (Å²) in [7, 11) is 1.43. The molecule has 0 aromatic heterocycles. The Morgan fingerprint density at radius 3 is 1.73 bits per heavy atom. The van der Waals surface area contributed by atoms with E-state index in [9.17, 15) is 19.0 Å². The van der Waals surface area contributed by atoms with Gasteiger partial charge in [-0.1, -0.05) is 114 Å². The first-order chi connectivity index (χ1) is 23.0. The van der Waals surface area contributed by atoms with Crippen LogP contribution in [0.2, 0.25) is 0 Å². The van der Waals surface area contributed by atoms with Crippen molar-refractivity contribution in [1.29, 1.82) is 0 Å². The van der Waals surface area contributed by atoms with Crippen LogP contribution in [0.1, 0.15) is 129 Å². The number of unbranched alkanes of at least 4 members (excludes halogenated alkanes) is 10. The number of rotatable bonds is 32. The van der Waals surface area contributed by atoms with Gasteiger partial charge in [-0.2, -0.15) is 0 Å². The van der Waals surface area contributed by atoms with Crippen LogP contribution in [0.15, 0.2) is 48.6 Å². The molecule has 0 aromatic carbocycles. The van der Waals surface area contributed by atoms with Crippen LogP contribution in [-0.4, -0.2) is 74.9 Å². The van der Waals surface area contributed by atoms with Crippen molar-refractivity contribution >= 4 is 19.8 Å². The van der Waals surface area contributed by atoms with E-state index in [1.165, 1.54) is 51.4 Å². The molecule has 9 nitrogen and oxygen atoms in total. The van der Waals surface area contributed by atoms with E-state index in [1.54, 1.807) is 0 Å². The normalized spacial score (nSPS) is 14.4. The van der Waals surface area contributed by atoms with E-state index in [4.69, 9.17) is 18.5 Å². The van der Waals surface area contributed by atoms with Gasteiger partial charge in [-0.15, -0.1) is 0 Å². The van der Waals surface area contributed by atoms with Gasteiger partial charge in [-0.05, 0) is 51.4 Å². The van der Waals surface area contributed by atoms with Crippen LogP contribution < -0.4 is 0 Å². The second-order valence-corrected chi connectivity index (χ2v) is 14.7. The molecule has 0 rings (SSSR count). The first-order valence-corrected chi connectivity index (χ1v) is 19.9. The lowest BCUT2D eigenvalue weighted by Crippen LogP contribution is -2.37. The largest absolute Gasteiger partial charge is 0.472 e. The van der Waals surface area contributed by atoms with Gasteiger partial charge in [0.05, 0.1) is 27.7 Å². The summed E-state index contributed by atoms with van der Waals surface area (Å²) in [5.74, 6) is -0.877. The lowest BCUT2D eigenvalue weighted by Gasteiger charge is -2.24. The van der Waals surface area contributed by atoms with Gasteiger partial charge in [-0.3, -0.25) is 18.6 Å². The van der Waals surface area contributed by atoms with Gasteiger partial charge in [0.2, 0.25) is 0 Å². The van der Waals surface area contributed by atoms with Gasteiger partial charge in [-0.25, -0.2) is 4.57 Å². The molecule has 10 heteroatoms. The molecule has 1 N–H and O–H groups in total. The number of carbonyl (C=O) groups excluding carboxylic acids is 2. The molecule has 0 saturated heterocycles. The molecule has 0 fully saturated rings. The van der Waals surface area contributed by atoms with E-state index in [-0.39, 0.29) is 26.1 Å². The molecule has 0 aliphatic carbocycles. The van der Waals surface area contributed by atoms with E-state index in [2.05, 4.69) is 56.4 Å². The van der Waals surface area contributed by atoms with Crippen LogP contribution in [0, 0.1) is 0 Å². The van der Waals surface area contributed by atoms with Crippen molar-refractivity contribution in [3.8, 4) is 0 Å². The minimum Gasteiger partial charge on any atom is -0.462 e. The smallest absolute Gasteiger partial charge is 0.462 e. The zero-order chi connectivity index (χ0) is 35.8. The number of phosphoric acid groups is 1. The SMILES string of the molecule is CCCCC/C=C\C/C=C\C/C=C\C/C=C\CCCC(=O)O[C@H](COC(=O)CCCCCCCCC)COP(=O)(O)OCC[N+](C)(C)C. The van der Waals surface area contributed by atoms with Crippen LogP contribution >= 0.6 is 7.82 Å².